The van der Waals surface area contributed by atoms with Crippen LogP contribution in [0, 0.1) is 5.92 Å². The molecular weight excluding hydrogens is 382 g/mol. The van der Waals surface area contributed by atoms with Crippen LogP contribution in [0.15, 0.2) is 29.2 Å². The van der Waals surface area contributed by atoms with Gasteiger partial charge in [-0.05, 0) is 12.0 Å². The number of amides is 1. The predicted octanol–water partition coefficient (Wildman–Crippen LogP) is 2.40. The first-order chi connectivity index (χ1) is 13.3. The molecule has 0 bridgehead atoms. The maximum Gasteiger partial charge on any atom is 0.328 e. The van der Waals surface area contributed by atoms with E-state index in [2.05, 4.69) is 5.32 Å². The first-order valence-corrected chi connectivity index (χ1v) is 9.80. The molecule has 2 rings (SSSR count). The number of ketones is 2. The van der Waals surface area contributed by atoms with Crippen LogP contribution < -0.4 is 10.1 Å². The molecule has 0 aliphatic heterocycles. The predicted molar refractivity (Wildman–Crippen MR) is 106 cm³/mol. The van der Waals surface area contributed by atoms with E-state index in [1.54, 1.807) is 18.2 Å². The standard InChI is InChI=1S/C20H23NO6S/c1-5-11(2)18(20(25)27-4)21-16(23)10-28-15-9-13(22)12-7-6-8-14(26-3)17(12)19(15)24/h6-9,11,18H,5,10H2,1-4H3,(H,21,23)/t11-,18-/m0/s1. The lowest BCUT2D eigenvalue weighted by atomic mass is 9.94. The lowest BCUT2D eigenvalue weighted by Crippen LogP contribution is -2.46. The summed E-state index contributed by atoms with van der Waals surface area (Å²) in [7, 11) is 2.69. The minimum Gasteiger partial charge on any atom is -0.496 e. The monoisotopic (exact) mass is 405 g/mol. The van der Waals surface area contributed by atoms with Crippen LogP contribution in [0.25, 0.3) is 0 Å². The van der Waals surface area contributed by atoms with Crippen LogP contribution in [0.4, 0.5) is 0 Å². The van der Waals surface area contributed by atoms with Crippen molar-refractivity contribution in [3.63, 3.8) is 0 Å². The fourth-order valence-electron chi connectivity index (χ4n) is 2.79. The van der Waals surface area contributed by atoms with Gasteiger partial charge in [0.15, 0.2) is 5.78 Å². The van der Waals surface area contributed by atoms with E-state index in [0.29, 0.717) is 12.2 Å². The molecule has 0 unspecified atom stereocenters. The number of carbonyl (C=O) groups is 4. The van der Waals surface area contributed by atoms with Crippen molar-refractivity contribution in [3.05, 3.63) is 40.3 Å². The Labute approximate surface area is 167 Å². The van der Waals surface area contributed by atoms with E-state index in [0.717, 1.165) is 11.8 Å². The maximum atomic E-state index is 12.8. The number of thioether (sulfide) groups is 1. The molecule has 1 N–H and O–H groups in total. The fraction of sp³-hybridized carbons (Fsp3) is 0.400. The molecule has 0 radical (unpaired) electrons. The van der Waals surface area contributed by atoms with Crippen molar-refractivity contribution < 1.29 is 28.7 Å². The van der Waals surface area contributed by atoms with Gasteiger partial charge in [-0.15, -0.1) is 11.8 Å². The zero-order valence-corrected chi connectivity index (χ0v) is 17.1. The molecule has 0 spiro atoms. The Balaban J connectivity index is 2.10. The highest BCUT2D eigenvalue weighted by Crippen LogP contribution is 2.33. The molecule has 1 aromatic carbocycles. The van der Waals surface area contributed by atoms with Gasteiger partial charge in [-0.25, -0.2) is 4.79 Å². The highest BCUT2D eigenvalue weighted by Gasteiger charge is 2.30. The number of methoxy groups -OCH3 is 2. The fourth-order valence-corrected chi connectivity index (χ4v) is 3.58. The minimum atomic E-state index is -0.762. The van der Waals surface area contributed by atoms with Crippen molar-refractivity contribution >= 4 is 35.2 Å². The summed E-state index contributed by atoms with van der Waals surface area (Å²) in [6, 6.07) is 4.05. The summed E-state index contributed by atoms with van der Waals surface area (Å²) in [6.45, 7) is 3.74. The van der Waals surface area contributed by atoms with Gasteiger partial charge in [0.2, 0.25) is 11.7 Å². The first kappa shape index (κ1) is 21.7. The van der Waals surface area contributed by atoms with Gasteiger partial charge in [-0.3, -0.25) is 14.4 Å². The van der Waals surface area contributed by atoms with E-state index in [9.17, 15) is 19.2 Å². The molecule has 0 fully saturated rings. The van der Waals surface area contributed by atoms with Gasteiger partial charge in [0, 0.05) is 11.6 Å². The third-order valence-corrected chi connectivity index (χ3v) is 5.59. The highest BCUT2D eigenvalue weighted by molar-refractivity contribution is 8.04. The second-order valence-electron chi connectivity index (χ2n) is 6.33. The number of ether oxygens (including phenoxy) is 2. The van der Waals surface area contributed by atoms with E-state index < -0.39 is 17.9 Å². The summed E-state index contributed by atoms with van der Waals surface area (Å²) in [5, 5.41) is 2.64. The Morgan fingerprint density at radius 1 is 1.21 bits per heavy atom. The third kappa shape index (κ3) is 4.62. The van der Waals surface area contributed by atoms with E-state index in [4.69, 9.17) is 9.47 Å². The van der Waals surface area contributed by atoms with Crippen LogP contribution in [-0.4, -0.2) is 49.5 Å². The van der Waals surface area contributed by atoms with Crippen molar-refractivity contribution in [1.29, 1.82) is 0 Å². The topological polar surface area (TPSA) is 98.8 Å². The second kappa shape index (κ2) is 9.54. The van der Waals surface area contributed by atoms with Gasteiger partial charge < -0.3 is 14.8 Å². The number of rotatable bonds is 8. The SMILES string of the molecule is CC[C@H](C)[C@H](NC(=O)CSC1=CC(=O)c2cccc(OC)c2C1=O)C(=O)OC. The van der Waals surface area contributed by atoms with E-state index in [1.165, 1.54) is 20.3 Å². The van der Waals surface area contributed by atoms with Crippen LogP contribution in [0.2, 0.25) is 0 Å². The van der Waals surface area contributed by atoms with Gasteiger partial charge in [0.25, 0.3) is 0 Å². The Hall–Kier alpha value is -2.61. The average Bonchev–Trinajstić information content (AvgIpc) is 2.71. The van der Waals surface area contributed by atoms with Gasteiger partial charge in [0.1, 0.15) is 11.8 Å². The number of carbonyl (C=O) groups excluding carboxylic acids is 4. The first-order valence-electron chi connectivity index (χ1n) is 8.81. The van der Waals surface area contributed by atoms with Crippen LogP contribution in [0.5, 0.6) is 5.75 Å². The summed E-state index contributed by atoms with van der Waals surface area (Å²) >= 11 is 0.952. The van der Waals surface area contributed by atoms with Gasteiger partial charge >= 0.3 is 5.97 Å². The van der Waals surface area contributed by atoms with E-state index >= 15 is 0 Å². The molecule has 2 atom stereocenters. The zero-order valence-electron chi connectivity index (χ0n) is 16.2. The molecule has 150 valence electrons. The Kier molecular flexibility index (Phi) is 7.39. The van der Waals surface area contributed by atoms with Crippen LogP contribution >= 0.6 is 11.8 Å². The molecule has 7 nitrogen and oxygen atoms in total. The summed E-state index contributed by atoms with van der Waals surface area (Å²) < 4.78 is 9.94. The molecule has 1 aliphatic rings. The number of hydrogen-bond acceptors (Lipinski definition) is 7. The van der Waals surface area contributed by atoms with Crippen molar-refractivity contribution in [2.45, 2.75) is 26.3 Å². The number of nitrogens with one attached hydrogen (secondary N) is 1. The number of allylic oxidation sites excluding steroid dienone is 2. The van der Waals surface area contributed by atoms with Gasteiger partial charge in [0.05, 0.1) is 30.4 Å². The lowest BCUT2D eigenvalue weighted by molar-refractivity contribution is -0.146. The average molecular weight is 405 g/mol. The molecule has 8 heteroatoms. The summed E-state index contributed by atoms with van der Waals surface area (Å²) in [6.07, 6.45) is 1.91. The third-order valence-electron chi connectivity index (χ3n) is 4.57. The molecule has 0 heterocycles. The largest absolute Gasteiger partial charge is 0.496 e. The van der Waals surface area contributed by atoms with Gasteiger partial charge in [-0.2, -0.15) is 0 Å². The maximum absolute atomic E-state index is 12.8. The number of benzene rings is 1. The van der Waals surface area contributed by atoms with Crippen LogP contribution in [0.1, 0.15) is 41.0 Å². The lowest BCUT2D eigenvalue weighted by Gasteiger charge is -2.22. The highest BCUT2D eigenvalue weighted by atomic mass is 32.2. The Morgan fingerprint density at radius 3 is 2.54 bits per heavy atom. The molecule has 1 amide bonds. The number of fused-ring (bicyclic) bond motifs is 1. The smallest absolute Gasteiger partial charge is 0.328 e. The summed E-state index contributed by atoms with van der Waals surface area (Å²) in [5.41, 5.74) is 0.480. The Bertz CT molecular complexity index is 832. The molecule has 1 aliphatic carbocycles. The molecule has 0 saturated heterocycles. The van der Waals surface area contributed by atoms with E-state index in [-0.39, 0.29) is 39.3 Å². The quantitative estimate of drug-likeness (QED) is 0.663. The summed E-state index contributed by atoms with van der Waals surface area (Å²) in [4.78, 5) is 49.4. The van der Waals surface area contributed by atoms with Crippen LogP contribution in [-0.2, 0) is 14.3 Å². The molecule has 28 heavy (non-hydrogen) atoms. The molecule has 0 saturated carbocycles. The molecule has 1 aromatic rings. The number of Topliss-reactive ketones (excluding diaryl/α,β-unsaturated/α-hetero) is 1. The molecule has 0 aromatic heterocycles. The second-order valence-corrected chi connectivity index (χ2v) is 7.34. The van der Waals surface area contributed by atoms with E-state index in [1.807, 2.05) is 13.8 Å². The number of hydrogen-bond donors (Lipinski definition) is 1. The van der Waals surface area contributed by atoms with Crippen molar-refractivity contribution in [2.24, 2.45) is 5.92 Å². The Morgan fingerprint density at radius 2 is 1.93 bits per heavy atom. The molecular formula is C20H23NO6S. The minimum absolute atomic E-state index is 0.102. The van der Waals surface area contributed by atoms with Crippen molar-refractivity contribution in [1.82, 2.24) is 5.32 Å². The van der Waals surface area contributed by atoms with Gasteiger partial charge in [-0.1, -0.05) is 32.4 Å². The summed E-state index contributed by atoms with van der Waals surface area (Å²) in [5.74, 6) is -1.52. The van der Waals surface area contributed by atoms with Crippen molar-refractivity contribution in [3.8, 4) is 5.75 Å². The zero-order chi connectivity index (χ0) is 20.8. The normalized spacial score (nSPS) is 15.2. The van der Waals surface area contributed by atoms with Crippen molar-refractivity contribution in [2.75, 3.05) is 20.0 Å². The number of esters is 1. The van der Waals surface area contributed by atoms with Crippen LogP contribution in [0.3, 0.4) is 0 Å².